The van der Waals surface area contributed by atoms with E-state index in [2.05, 4.69) is 0 Å². The van der Waals surface area contributed by atoms with Gasteiger partial charge in [0.05, 0.1) is 0 Å². The van der Waals surface area contributed by atoms with Crippen LogP contribution in [0.3, 0.4) is 0 Å². The average Bonchev–Trinajstić information content (AvgIpc) is 2.27. The highest BCUT2D eigenvalue weighted by atomic mass is 16.2. The van der Waals surface area contributed by atoms with Gasteiger partial charge in [-0.1, -0.05) is 0 Å². The Balaban J connectivity index is 2.79. The Morgan fingerprint density at radius 1 is 1.28 bits per heavy atom. The summed E-state index contributed by atoms with van der Waals surface area (Å²) >= 11 is 0. The second-order valence-electron chi connectivity index (χ2n) is 6.06. The summed E-state index contributed by atoms with van der Waals surface area (Å²) in [6.07, 6.45) is 3.15. The first-order valence-corrected chi connectivity index (χ1v) is 6.91. The standard InChI is InChI=1S/C14H26N2O2/c1-6-16(14(3,4)5)13(18)12(17)15-10-8-7-9-11(15)2/h11H,6-10H2,1-5H3. The minimum absolute atomic E-state index is 0.189. The van der Waals surface area contributed by atoms with Crippen LogP contribution < -0.4 is 0 Å². The van der Waals surface area contributed by atoms with E-state index in [0.29, 0.717) is 13.1 Å². The maximum absolute atomic E-state index is 12.3. The van der Waals surface area contributed by atoms with E-state index in [0.717, 1.165) is 19.3 Å². The minimum Gasteiger partial charge on any atom is -0.332 e. The Bertz CT molecular complexity index is 320. The number of likely N-dealkylation sites (N-methyl/N-ethyl adjacent to an activating group) is 1. The Labute approximate surface area is 110 Å². The van der Waals surface area contributed by atoms with Crippen LogP contribution in [0.1, 0.15) is 53.9 Å². The predicted octanol–water partition coefficient (Wildman–Crippen LogP) is 2.03. The molecule has 0 aromatic rings. The van der Waals surface area contributed by atoms with Crippen LogP contribution in [-0.2, 0) is 9.59 Å². The van der Waals surface area contributed by atoms with E-state index in [1.807, 2.05) is 34.6 Å². The molecule has 18 heavy (non-hydrogen) atoms. The molecule has 0 spiro atoms. The molecule has 4 nitrogen and oxygen atoms in total. The quantitative estimate of drug-likeness (QED) is 0.672. The molecule has 0 aromatic heterocycles. The summed E-state index contributed by atoms with van der Waals surface area (Å²) in [5, 5.41) is 0. The Morgan fingerprint density at radius 2 is 1.89 bits per heavy atom. The topological polar surface area (TPSA) is 40.6 Å². The maximum atomic E-state index is 12.3. The summed E-state index contributed by atoms with van der Waals surface area (Å²) in [6, 6.07) is 0.189. The number of carbonyl (C=O) groups is 2. The third-order valence-corrected chi connectivity index (χ3v) is 3.62. The van der Waals surface area contributed by atoms with Crippen LogP contribution in [0.2, 0.25) is 0 Å². The molecule has 1 heterocycles. The van der Waals surface area contributed by atoms with E-state index in [1.54, 1.807) is 9.80 Å². The van der Waals surface area contributed by atoms with Crippen LogP contribution in [0.4, 0.5) is 0 Å². The molecule has 104 valence electrons. The van der Waals surface area contributed by atoms with Gasteiger partial charge in [-0.15, -0.1) is 0 Å². The van der Waals surface area contributed by atoms with E-state index < -0.39 is 0 Å². The van der Waals surface area contributed by atoms with Crippen LogP contribution in [0.15, 0.2) is 0 Å². The SMILES string of the molecule is CCN(C(=O)C(=O)N1CCCCC1C)C(C)(C)C. The first kappa shape index (κ1) is 15.0. The smallest absolute Gasteiger partial charge is 0.312 e. The van der Waals surface area contributed by atoms with Crippen molar-refractivity contribution < 1.29 is 9.59 Å². The largest absolute Gasteiger partial charge is 0.332 e. The fraction of sp³-hybridized carbons (Fsp3) is 0.857. The second-order valence-corrected chi connectivity index (χ2v) is 6.06. The van der Waals surface area contributed by atoms with Crippen LogP contribution in [0.5, 0.6) is 0 Å². The summed E-state index contributed by atoms with van der Waals surface area (Å²) < 4.78 is 0. The fourth-order valence-corrected chi connectivity index (χ4v) is 2.56. The van der Waals surface area contributed by atoms with Gasteiger partial charge in [0.25, 0.3) is 0 Å². The third-order valence-electron chi connectivity index (χ3n) is 3.62. The van der Waals surface area contributed by atoms with Crippen LogP contribution >= 0.6 is 0 Å². The molecule has 0 bridgehead atoms. The number of carbonyl (C=O) groups excluding carboxylic acids is 2. The second kappa shape index (κ2) is 5.72. The first-order chi connectivity index (χ1) is 8.29. The van der Waals surface area contributed by atoms with Crippen molar-refractivity contribution in [3.63, 3.8) is 0 Å². The van der Waals surface area contributed by atoms with Crippen molar-refractivity contribution in [3.05, 3.63) is 0 Å². The highest BCUT2D eigenvalue weighted by Gasteiger charge is 2.34. The summed E-state index contributed by atoms with van der Waals surface area (Å²) in [5.41, 5.74) is -0.305. The van der Waals surface area contributed by atoms with Crippen molar-refractivity contribution >= 4 is 11.8 Å². The van der Waals surface area contributed by atoms with Crippen molar-refractivity contribution in [3.8, 4) is 0 Å². The van der Waals surface area contributed by atoms with Gasteiger partial charge in [-0.3, -0.25) is 9.59 Å². The molecule has 2 amide bonds. The molecule has 0 saturated carbocycles. The monoisotopic (exact) mass is 254 g/mol. The van der Waals surface area contributed by atoms with Crippen molar-refractivity contribution in [2.24, 2.45) is 0 Å². The summed E-state index contributed by atoms with van der Waals surface area (Å²) in [7, 11) is 0. The third kappa shape index (κ3) is 3.24. The van der Waals surface area contributed by atoms with Crippen molar-refractivity contribution in [2.75, 3.05) is 13.1 Å². The van der Waals surface area contributed by atoms with E-state index in [1.165, 1.54) is 0 Å². The molecule has 0 aromatic carbocycles. The van der Waals surface area contributed by atoms with E-state index in [4.69, 9.17) is 0 Å². The zero-order valence-electron chi connectivity index (χ0n) is 12.3. The highest BCUT2D eigenvalue weighted by Crippen LogP contribution is 2.19. The molecule has 4 heteroatoms. The van der Waals surface area contributed by atoms with Gasteiger partial charge >= 0.3 is 11.8 Å². The van der Waals surface area contributed by atoms with Gasteiger partial charge in [-0.25, -0.2) is 0 Å². The molecular formula is C14H26N2O2. The molecule has 1 unspecified atom stereocenters. The van der Waals surface area contributed by atoms with Gasteiger partial charge in [0.1, 0.15) is 0 Å². The van der Waals surface area contributed by atoms with E-state index in [9.17, 15) is 9.59 Å². The number of hydrogen-bond acceptors (Lipinski definition) is 2. The lowest BCUT2D eigenvalue weighted by Gasteiger charge is -2.38. The fourth-order valence-electron chi connectivity index (χ4n) is 2.56. The summed E-state index contributed by atoms with van der Waals surface area (Å²) in [5.74, 6) is -0.697. The number of rotatable bonds is 1. The van der Waals surface area contributed by atoms with Gasteiger partial charge in [0.2, 0.25) is 0 Å². The average molecular weight is 254 g/mol. The molecule has 0 N–H and O–H groups in total. The lowest BCUT2D eigenvalue weighted by molar-refractivity contribution is -0.156. The Morgan fingerprint density at radius 3 is 2.33 bits per heavy atom. The van der Waals surface area contributed by atoms with Gasteiger partial charge in [-0.2, -0.15) is 0 Å². The number of piperidine rings is 1. The van der Waals surface area contributed by atoms with Crippen LogP contribution in [0.25, 0.3) is 0 Å². The molecule has 1 aliphatic rings. The van der Waals surface area contributed by atoms with Gasteiger partial charge < -0.3 is 9.80 Å². The van der Waals surface area contributed by atoms with Crippen LogP contribution in [0, 0.1) is 0 Å². The highest BCUT2D eigenvalue weighted by molar-refractivity contribution is 6.35. The Kier molecular flexibility index (Phi) is 4.77. The molecule has 0 radical (unpaired) electrons. The zero-order chi connectivity index (χ0) is 13.9. The lowest BCUT2D eigenvalue weighted by Crippen LogP contribution is -2.54. The van der Waals surface area contributed by atoms with E-state index >= 15 is 0 Å². The molecule has 1 saturated heterocycles. The van der Waals surface area contributed by atoms with Crippen molar-refractivity contribution in [2.45, 2.75) is 65.5 Å². The van der Waals surface area contributed by atoms with Crippen molar-refractivity contribution in [1.82, 2.24) is 9.80 Å². The number of amides is 2. The molecule has 1 fully saturated rings. The van der Waals surface area contributed by atoms with Gasteiger partial charge in [0.15, 0.2) is 0 Å². The molecule has 1 rings (SSSR count). The predicted molar refractivity (Wildman–Crippen MR) is 72.2 cm³/mol. The molecule has 1 atom stereocenters. The van der Waals surface area contributed by atoms with E-state index in [-0.39, 0.29) is 23.4 Å². The summed E-state index contributed by atoms with van der Waals surface area (Å²) in [6.45, 7) is 11.1. The maximum Gasteiger partial charge on any atom is 0.312 e. The molecule has 1 aliphatic heterocycles. The van der Waals surface area contributed by atoms with Crippen molar-refractivity contribution in [1.29, 1.82) is 0 Å². The molecule has 0 aliphatic carbocycles. The lowest BCUT2D eigenvalue weighted by atomic mass is 10.0. The number of hydrogen-bond donors (Lipinski definition) is 0. The Hall–Kier alpha value is -1.06. The minimum atomic E-state index is -0.362. The van der Waals surface area contributed by atoms with Gasteiger partial charge in [-0.05, 0) is 53.9 Å². The number of nitrogens with zero attached hydrogens (tertiary/aromatic N) is 2. The van der Waals surface area contributed by atoms with Gasteiger partial charge in [0, 0.05) is 24.7 Å². The first-order valence-electron chi connectivity index (χ1n) is 6.91. The molecular weight excluding hydrogens is 228 g/mol. The zero-order valence-corrected chi connectivity index (χ0v) is 12.3. The number of likely N-dealkylation sites (tertiary alicyclic amines) is 1. The van der Waals surface area contributed by atoms with Crippen LogP contribution in [-0.4, -0.2) is 46.3 Å². The summed E-state index contributed by atoms with van der Waals surface area (Å²) in [4.78, 5) is 28.0. The normalized spacial score (nSPS) is 20.7.